The minimum absolute atomic E-state index is 0.0873. The molecule has 3 heteroatoms. The number of carbonyl (C=O) groups excluding carboxylic acids is 1. The van der Waals surface area contributed by atoms with E-state index in [1.54, 1.807) is 18.5 Å². The smallest absolute Gasteiger partial charge is 0.247 e. The third-order valence-electron chi connectivity index (χ3n) is 4.20. The number of pyridine rings is 1. The van der Waals surface area contributed by atoms with E-state index < -0.39 is 0 Å². The van der Waals surface area contributed by atoms with Gasteiger partial charge in [0.1, 0.15) is 0 Å². The summed E-state index contributed by atoms with van der Waals surface area (Å²) in [4.78, 5) is 18.6. The third-order valence-corrected chi connectivity index (χ3v) is 4.20. The van der Waals surface area contributed by atoms with Crippen LogP contribution in [0.4, 0.5) is 0 Å². The second-order valence-electron chi connectivity index (χ2n) is 6.25. The Morgan fingerprint density at radius 2 is 1.96 bits per heavy atom. The Hall–Kier alpha value is -2.42. The lowest BCUT2D eigenvalue weighted by Crippen LogP contribution is -2.31. The average Bonchev–Trinajstić information content (AvgIpc) is 3.37. The molecule has 1 amide bonds. The van der Waals surface area contributed by atoms with Crippen LogP contribution in [0.5, 0.6) is 0 Å². The van der Waals surface area contributed by atoms with Crippen molar-refractivity contribution in [2.45, 2.75) is 39.3 Å². The van der Waals surface area contributed by atoms with E-state index in [0.29, 0.717) is 12.6 Å². The Morgan fingerprint density at radius 1 is 1.22 bits per heavy atom. The van der Waals surface area contributed by atoms with Gasteiger partial charge in [-0.1, -0.05) is 23.8 Å². The monoisotopic (exact) mass is 306 g/mol. The van der Waals surface area contributed by atoms with Crippen LogP contribution in [0, 0.1) is 13.8 Å². The summed E-state index contributed by atoms with van der Waals surface area (Å²) >= 11 is 0. The Kier molecular flexibility index (Phi) is 4.56. The normalized spacial score (nSPS) is 14.2. The molecule has 1 saturated carbocycles. The molecular formula is C20H22N2O. The van der Waals surface area contributed by atoms with E-state index in [1.807, 2.05) is 23.1 Å². The Morgan fingerprint density at radius 3 is 2.61 bits per heavy atom. The summed E-state index contributed by atoms with van der Waals surface area (Å²) in [5, 5.41) is 0. The molecule has 0 aliphatic heterocycles. The molecule has 1 heterocycles. The summed E-state index contributed by atoms with van der Waals surface area (Å²) in [5.74, 6) is 0.0873. The first-order valence-corrected chi connectivity index (χ1v) is 8.08. The van der Waals surface area contributed by atoms with Crippen molar-refractivity contribution in [2.75, 3.05) is 0 Å². The predicted octanol–water partition coefficient (Wildman–Crippen LogP) is 3.90. The van der Waals surface area contributed by atoms with Crippen LogP contribution in [0.1, 0.15) is 35.1 Å². The van der Waals surface area contributed by atoms with Crippen molar-refractivity contribution in [2.24, 2.45) is 0 Å². The second-order valence-corrected chi connectivity index (χ2v) is 6.25. The molecule has 23 heavy (non-hydrogen) atoms. The van der Waals surface area contributed by atoms with Crippen molar-refractivity contribution >= 4 is 12.0 Å². The van der Waals surface area contributed by atoms with Gasteiger partial charge in [-0.25, -0.2) is 0 Å². The van der Waals surface area contributed by atoms with Gasteiger partial charge in [-0.15, -0.1) is 0 Å². The summed E-state index contributed by atoms with van der Waals surface area (Å²) in [6.45, 7) is 4.81. The molecule has 0 unspecified atom stereocenters. The van der Waals surface area contributed by atoms with Gasteiger partial charge in [0, 0.05) is 31.1 Å². The lowest BCUT2D eigenvalue weighted by atomic mass is 10.1. The topological polar surface area (TPSA) is 33.2 Å². The van der Waals surface area contributed by atoms with Gasteiger partial charge < -0.3 is 4.90 Å². The minimum atomic E-state index is 0.0873. The van der Waals surface area contributed by atoms with Gasteiger partial charge in [0.25, 0.3) is 0 Å². The van der Waals surface area contributed by atoms with Crippen LogP contribution in [-0.4, -0.2) is 21.8 Å². The summed E-state index contributed by atoms with van der Waals surface area (Å²) < 4.78 is 0. The predicted molar refractivity (Wildman–Crippen MR) is 92.8 cm³/mol. The number of nitrogens with zero attached hydrogens (tertiary/aromatic N) is 2. The van der Waals surface area contributed by atoms with Gasteiger partial charge in [0.05, 0.1) is 0 Å². The molecule has 0 spiro atoms. The van der Waals surface area contributed by atoms with E-state index in [4.69, 9.17) is 0 Å². The van der Waals surface area contributed by atoms with Gasteiger partial charge >= 0.3 is 0 Å². The highest BCUT2D eigenvalue weighted by Gasteiger charge is 2.31. The second kappa shape index (κ2) is 6.78. The fraction of sp³-hybridized carbons (Fsp3) is 0.300. The zero-order valence-corrected chi connectivity index (χ0v) is 13.7. The summed E-state index contributed by atoms with van der Waals surface area (Å²) in [6.07, 6.45) is 9.39. The molecule has 0 radical (unpaired) electrons. The number of hydrogen-bond donors (Lipinski definition) is 0. The number of aryl methyl sites for hydroxylation is 2. The molecule has 0 saturated heterocycles. The molecule has 1 fully saturated rings. The first-order valence-electron chi connectivity index (χ1n) is 8.08. The lowest BCUT2D eigenvalue weighted by Gasteiger charge is -2.21. The quantitative estimate of drug-likeness (QED) is 0.785. The van der Waals surface area contributed by atoms with Crippen LogP contribution in [0.2, 0.25) is 0 Å². The van der Waals surface area contributed by atoms with Crippen molar-refractivity contribution in [3.05, 3.63) is 71.1 Å². The molecule has 3 nitrogen and oxygen atoms in total. The van der Waals surface area contributed by atoms with E-state index in [2.05, 4.69) is 37.0 Å². The Bertz CT molecular complexity index is 718. The van der Waals surface area contributed by atoms with E-state index in [1.165, 1.54) is 11.1 Å². The molecule has 0 N–H and O–H groups in total. The molecule has 1 aromatic heterocycles. The highest BCUT2D eigenvalue weighted by atomic mass is 16.2. The number of amides is 1. The maximum Gasteiger partial charge on any atom is 0.247 e. The van der Waals surface area contributed by atoms with Crippen LogP contribution in [-0.2, 0) is 11.3 Å². The van der Waals surface area contributed by atoms with Gasteiger partial charge in [0.15, 0.2) is 0 Å². The SMILES string of the molecule is Cc1ccc(C=CC(=O)N(Cc2ccncc2)C2CC2)c(C)c1. The van der Waals surface area contributed by atoms with Crippen LogP contribution >= 0.6 is 0 Å². The lowest BCUT2D eigenvalue weighted by molar-refractivity contribution is -0.127. The van der Waals surface area contributed by atoms with Crippen LogP contribution in [0.25, 0.3) is 6.08 Å². The van der Waals surface area contributed by atoms with Gasteiger partial charge in [0.2, 0.25) is 5.91 Å². The minimum Gasteiger partial charge on any atom is -0.332 e. The molecule has 1 aliphatic carbocycles. The van der Waals surface area contributed by atoms with Crippen LogP contribution in [0.15, 0.2) is 48.8 Å². The van der Waals surface area contributed by atoms with E-state index in [-0.39, 0.29) is 5.91 Å². The molecule has 0 bridgehead atoms. The number of hydrogen-bond acceptors (Lipinski definition) is 2. The summed E-state index contributed by atoms with van der Waals surface area (Å²) in [5.41, 5.74) is 4.66. The maximum atomic E-state index is 12.6. The number of aromatic nitrogens is 1. The van der Waals surface area contributed by atoms with E-state index >= 15 is 0 Å². The summed E-state index contributed by atoms with van der Waals surface area (Å²) in [6, 6.07) is 10.6. The molecule has 1 aliphatic rings. The van der Waals surface area contributed by atoms with Crippen LogP contribution in [0.3, 0.4) is 0 Å². The summed E-state index contributed by atoms with van der Waals surface area (Å²) in [7, 11) is 0. The maximum absolute atomic E-state index is 12.6. The Labute approximate surface area is 137 Å². The van der Waals surface area contributed by atoms with Gasteiger partial charge in [-0.2, -0.15) is 0 Å². The van der Waals surface area contributed by atoms with E-state index in [0.717, 1.165) is 24.0 Å². The highest BCUT2D eigenvalue weighted by Crippen LogP contribution is 2.28. The van der Waals surface area contributed by atoms with Crippen molar-refractivity contribution in [1.82, 2.24) is 9.88 Å². The number of carbonyl (C=O) groups is 1. The first kappa shape index (κ1) is 15.5. The zero-order chi connectivity index (χ0) is 16.2. The molecule has 118 valence electrons. The molecule has 1 aromatic carbocycles. The standard InChI is InChI=1S/C20H22N2O/c1-15-3-4-18(16(2)13-15)5-8-20(23)22(19-6-7-19)14-17-9-11-21-12-10-17/h3-5,8-13,19H,6-7,14H2,1-2H3. The first-order chi connectivity index (χ1) is 11.1. The van der Waals surface area contributed by atoms with Crippen molar-refractivity contribution in [3.8, 4) is 0 Å². The van der Waals surface area contributed by atoms with Gasteiger partial charge in [-0.05, 0) is 61.6 Å². The third kappa shape index (κ3) is 4.07. The molecular weight excluding hydrogens is 284 g/mol. The zero-order valence-electron chi connectivity index (χ0n) is 13.7. The number of benzene rings is 1. The molecule has 2 aromatic rings. The van der Waals surface area contributed by atoms with Gasteiger partial charge in [-0.3, -0.25) is 9.78 Å². The highest BCUT2D eigenvalue weighted by molar-refractivity contribution is 5.92. The number of rotatable bonds is 5. The van der Waals surface area contributed by atoms with Crippen molar-refractivity contribution in [1.29, 1.82) is 0 Å². The van der Waals surface area contributed by atoms with Crippen LogP contribution < -0.4 is 0 Å². The van der Waals surface area contributed by atoms with Crippen molar-refractivity contribution in [3.63, 3.8) is 0 Å². The van der Waals surface area contributed by atoms with Crippen molar-refractivity contribution < 1.29 is 4.79 Å². The molecule has 0 atom stereocenters. The average molecular weight is 306 g/mol. The molecule has 3 rings (SSSR count). The largest absolute Gasteiger partial charge is 0.332 e. The van der Waals surface area contributed by atoms with E-state index in [9.17, 15) is 4.79 Å². The fourth-order valence-electron chi connectivity index (χ4n) is 2.73. The Balaban J connectivity index is 1.72. The fourth-order valence-corrected chi connectivity index (χ4v) is 2.73.